The van der Waals surface area contributed by atoms with Crippen LogP contribution in [0.1, 0.15) is 13.3 Å². The lowest BCUT2D eigenvalue weighted by Crippen LogP contribution is -3.15. The van der Waals surface area contributed by atoms with E-state index in [0.29, 0.717) is 38.3 Å². The molecule has 0 bridgehead atoms. The van der Waals surface area contributed by atoms with Crippen molar-refractivity contribution in [2.24, 2.45) is 0 Å². The van der Waals surface area contributed by atoms with Gasteiger partial charge in [0.05, 0.1) is 45.8 Å². The molecule has 1 heterocycles. The van der Waals surface area contributed by atoms with Gasteiger partial charge < -0.3 is 15.0 Å². The normalized spacial score (nSPS) is 15.3. The first-order valence-corrected chi connectivity index (χ1v) is 7.89. The summed E-state index contributed by atoms with van der Waals surface area (Å²) in [4.78, 5) is 26.5. The van der Waals surface area contributed by atoms with Crippen molar-refractivity contribution in [2.75, 3.05) is 44.6 Å². The van der Waals surface area contributed by atoms with Gasteiger partial charge in [-0.05, 0) is 31.2 Å². The van der Waals surface area contributed by atoms with Crippen LogP contribution in [0.15, 0.2) is 24.3 Å². The Kier molecular flexibility index (Phi) is 6.34. The van der Waals surface area contributed by atoms with Crippen LogP contribution in [0.2, 0.25) is 0 Å². The minimum Gasteiger partial charge on any atom is -0.450 e. The van der Waals surface area contributed by atoms with E-state index in [4.69, 9.17) is 4.74 Å². The third-order valence-electron chi connectivity index (χ3n) is 3.83. The molecule has 0 spiro atoms. The van der Waals surface area contributed by atoms with E-state index >= 15 is 0 Å². The molecule has 1 aromatic carbocycles. The summed E-state index contributed by atoms with van der Waals surface area (Å²) < 4.78 is 17.8. The summed E-state index contributed by atoms with van der Waals surface area (Å²) in [5, 5.41) is 2.75. The van der Waals surface area contributed by atoms with Gasteiger partial charge in [-0.1, -0.05) is 0 Å². The number of anilines is 1. The van der Waals surface area contributed by atoms with Crippen LogP contribution in [-0.2, 0) is 9.53 Å². The molecule has 0 radical (unpaired) electrons. The maximum atomic E-state index is 12.8. The predicted octanol–water partition coefficient (Wildman–Crippen LogP) is 0.511. The zero-order valence-corrected chi connectivity index (χ0v) is 13.3. The molecule has 2 N–H and O–H groups in total. The summed E-state index contributed by atoms with van der Waals surface area (Å²) in [5.41, 5.74) is 0.596. The fourth-order valence-corrected chi connectivity index (χ4v) is 2.52. The summed E-state index contributed by atoms with van der Waals surface area (Å²) >= 11 is 0. The van der Waals surface area contributed by atoms with Gasteiger partial charge in [0.15, 0.2) is 0 Å². The number of amides is 2. The Labute approximate surface area is 135 Å². The molecule has 1 fully saturated rings. The number of carbonyl (C=O) groups excluding carboxylic acids is 2. The third kappa shape index (κ3) is 5.52. The van der Waals surface area contributed by atoms with Crippen LogP contribution in [0.25, 0.3) is 0 Å². The predicted molar refractivity (Wildman–Crippen MR) is 83.8 cm³/mol. The number of carbonyl (C=O) groups is 2. The molecule has 1 saturated heterocycles. The highest BCUT2D eigenvalue weighted by Crippen LogP contribution is 2.08. The van der Waals surface area contributed by atoms with E-state index < -0.39 is 0 Å². The maximum absolute atomic E-state index is 12.8. The average Bonchev–Trinajstić information content (AvgIpc) is 2.56. The number of hydrogen-bond donors (Lipinski definition) is 2. The van der Waals surface area contributed by atoms with Gasteiger partial charge in [-0.3, -0.25) is 9.69 Å². The molecule has 23 heavy (non-hydrogen) atoms. The van der Waals surface area contributed by atoms with Gasteiger partial charge in [0, 0.05) is 5.69 Å². The molecule has 6 nitrogen and oxygen atoms in total. The lowest BCUT2D eigenvalue weighted by Gasteiger charge is -2.31. The number of nitrogens with zero attached hydrogens (tertiary/aromatic N) is 1. The molecule has 7 heteroatoms. The lowest BCUT2D eigenvalue weighted by atomic mass is 10.2. The highest BCUT2D eigenvalue weighted by atomic mass is 19.1. The Morgan fingerprint density at radius 2 is 1.91 bits per heavy atom. The number of benzene rings is 1. The number of halogens is 1. The minimum atomic E-state index is -0.327. The van der Waals surface area contributed by atoms with Crippen LogP contribution in [0.3, 0.4) is 0 Å². The highest BCUT2D eigenvalue weighted by Gasteiger charge is 2.24. The molecular formula is C16H23FN3O3+. The van der Waals surface area contributed by atoms with Crippen LogP contribution in [0, 0.1) is 5.82 Å². The Balaban J connectivity index is 1.67. The number of hydrogen-bond acceptors (Lipinski definition) is 3. The first-order chi connectivity index (χ1) is 11.1. The highest BCUT2D eigenvalue weighted by molar-refractivity contribution is 5.90. The Bertz CT molecular complexity index is 528. The molecule has 0 aromatic heterocycles. The first kappa shape index (κ1) is 17.2. The van der Waals surface area contributed by atoms with E-state index in [1.165, 1.54) is 29.2 Å². The van der Waals surface area contributed by atoms with Crippen LogP contribution in [0.4, 0.5) is 14.9 Å². The molecule has 1 aliphatic heterocycles. The molecule has 2 amide bonds. The largest absolute Gasteiger partial charge is 0.450 e. The quantitative estimate of drug-likeness (QED) is 0.830. The molecule has 126 valence electrons. The van der Waals surface area contributed by atoms with E-state index in [9.17, 15) is 14.0 Å². The number of ether oxygens (including phenoxy) is 1. The smallest absolute Gasteiger partial charge is 0.410 e. The van der Waals surface area contributed by atoms with Crippen LogP contribution < -0.4 is 10.2 Å². The van der Waals surface area contributed by atoms with Crippen LogP contribution in [-0.4, -0.2) is 56.2 Å². The summed E-state index contributed by atoms with van der Waals surface area (Å²) in [6.07, 6.45) is 0.132. The van der Waals surface area contributed by atoms with Crippen molar-refractivity contribution in [3.63, 3.8) is 0 Å². The monoisotopic (exact) mass is 324 g/mol. The zero-order valence-electron chi connectivity index (χ0n) is 13.3. The van der Waals surface area contributed by atoms with Gasteiger partial charge in [0.2, 0.25) is 5.91 Å². The number of quaternary nitrogens is 1. The SMILES string of the molecule is CCOC(=O)N1CC[NH+](CCC(=O)Nc2ccc(F)cc2)CC1. The number of rotatable bonds is 5. The summed E-state index contributed by atoms with van der Waals surface area (Å²) in [6, 6.07) is 5.71. The Morgan fingerprint density at radius 1 is 1.26 bits per heavy atom. The van der Waals surface area contributed by atoms with Gasteiger partial charge in [-0.25, -0.2) is 9.18 Å². The van der Waals surface area contributed by atoms with E-state index in [1.807, 2.05) is 0 Å². The van der Waals surface area contributed by atoms with Gasteiger partial charge >= 0.3 is 6.09 Å². The molecule has 0 unspecified atom stereocenters. The van der Waals surface area contributed by atoms with E-state index in [1.54, 1.807) is 11.8 Å². The second-order valence-electron chi connectivity index (χ2n) is 5.49. The second-order valence-corrected chi connectivity index (χ2v) is 5.49. The van der Waals surface area contributed by atoms with Crippen LogP contribution in [0.5, 0.6) is 0 Å². The molecule has 0 aliphatic carbocycles. The van der Waals surface area contributed by atoms with Crippen molar-refractivity contribution >= 4 is 17.7 Å². The lowest BCUT2D eigenvalue weighted by molar-refractivity contribution is -0.903. The first-order valence-electron chi connectivity index (χ1n) is 7.89. The van der Waals surface area contributed by atoms with Crippen molar-refractivity contribution in [1.29, 1.82) is 0 Å². The van der Waals surface area contributed by atoms with Gasteiger partial charge in [-0.15, -0.1) is 0 Å². The average molecular weight is 324 g/mol. The minimum absolute atomic E-state index is 0.0862. The van der Waals surface area contributed by atoms with Crippen molar-refractivity contribution < 1.29 is 23.6 Å². The fourth-order valence-electron chi connectivity index (χ4n) is 2.52. The molecule has 0 atom stereocenters. The molecule has 0 saturated carbocycles. The van der Waals surface area contributed by atoms with E-state index in [0.717, 1.165) is 13.1 Å². The third-order valence-corrected chi connectivity index (χ3v) is 3.83. The van der Waals surface area contributed by atoms with E-state index in [2.05, 4.69) is 5.32 Å². The summed E-state index contributed by atoms with van der Waals surface area (Å²) in [5.74, 6) is -0.413. The van der Waals surface area contributed by atoms with Crippen molar-refractivity contribution in [1.82, 2.24) is 4.90 Å². The maximum Gasteiger partial charge on any atom is 0.410 e. The molecule has 1 aliphatic rings. The van der Waals surface area contributed by atoms with Crippen molar-refractivity contribution in [3.8, 4) is 0 Å². The topological polar surface area (TPSA) is 63.1 Å². The molecular weight excluding hydrogens is 301 g/mol. The van der Waals surface area contributed by atoms with Gasteiger partial charge in [0.25, 0.3) is 0 Å². The van der Waals surface area contributed by atoms with Crippen molar-refractivity contribution in [2.45, 2.75) is 13.3 Å². The summed E-state index contributed by atoms with van der Waals surface area (Å²) in [7, 11) is 0. The molecule has 1 aromatic rings. The summed E-state index contributed by atoms with van der Waals surface area (Å²) in [6.45, 7) is 5.80. The molecule has 2 rings (SSSR count). The second kappa shape index (κ2) is 8.47. The number of piperazine rings is 1. The van der Waals surface area contributed by atoms with Crippen LogP contribution >= 0.6 is 0 Å². The Hall–Kier alpha value is -2.15. The fraction of sp³-hybridized carbons (Fsp3) is 0.500. The number of nitrogens with one attached hydrogen (secondary N) is 2. The van der Waals surface area contributed by atoms with E-state index in [-0.39, 0.29) is 17.8 Å². The Morgan fingerprint density at radius 3 is 2.52 bits per heavy atom. The standard InChI is InChI=1S/C16H22FN3O3/c1-2-23-16(22)20-11-9-19(10-12-20)8-7-15(21)18-14-5-3-13(17)4-6-14/h3-6H,2,7-12H2,1H3,(H,18,21)/p+1. The van der Waals surface area contributed by atoms with Crippen molar-refractivity contribution in [3.05, 3.63) is 30.1 Å². The van der Waals surface area contributed by atoms with Gasteiger partial charge in [0.1, 0.15) is 5.82 Å². The zero-order chi connectivity index (χ0) is 16.7. The van der Waals surface area contributed by atoms with Gasteiger partial charge in [-0.2, -0.15) is 0 Å².